The molecule has 0 spiro atoms. The number of hydrogen-bond donors (Lipinski definition) is 4. The molecule has 37 heavy (non-hydrogen) atoms. The highest BCUT2D eigenvalue weighted by atomic mass is 35.5. The van der Waals surface area contributed by atoms with Gasteiger partial charge in [0, 0.05) is 52.1 Å². The second-order valence-corrected chi connectivity index (χ2v) is 9.28. The fraction of sp³-hybridized carbons (Fsp3) is 0.214. The summed E-state index contributed by atoms with van der Waals surface area (Å²) in [4.78, 5) is 16.5. The zero-order valence-corrected chi connectivity index (χ0v) is 20.7. The zero-order valence-electron chi connectivity index (χ0n) is 19.9. The lowest BCUT2D eigenvalue weighted by atomic mass is 9.90. The molecule has 0 amide bonds. The molecule has 2 heterocycles. The number of benzene rings is 2. The summed E-state index contributed by atoms with van der Waals surface area (Å²) < 4.78 is 11.7. The average molecular weight is 520 g/mol. The quantitative estimate of drug-likeness (QED) is 0.236. The monoisotopic (exact) mass is 519 g/mol. The van der Waals surface area contributed by atoms with Gasteiger partial charge in [0.15, 0.2) is 0 Å². The molecule has 1 aliphatic carbocycles. The number of aromatic nitrogens is 1. The Kier molecular flexibility index (Phi) is 7.14. The van der Waals surface area contributed by atoms with E-state index in [1.165, 1.54) is 6.26 Å². The molecule has 0 aliphatic heterocycles. The number of furan rings is 1. The summed E-state index contributed by atoms with van der Waals surface area (Å²) in [5.74, 6) is -0.779. The molecular weight excluding hydrogens is 494 g/mol. The van der Waals surface area contributed by atoms with Crippen molar-refractivity contribution in [1.82, 2.24) is 10.3 Å². The first-order chi connectivity index (χ1) is 18.0. The van der Waals surface area contributed by atoms with Crippen molar-refractivity contribution in [1.29, 1.82) is 0 Å². The van der Waals surface area contributed by atoms with E-state index in [1.54, 1.807) is 30.5 Å². The standard InChI is InChI=1S/C28H26ClN3O5/c29-18-7-5-16(6-8-18)14-36-22-13-17(9-11-31-22)25(32-12-10-30)24-23-21(28(34)35)15-37-27(23)20-4-2-1-3-19(20)26(24)33/h1-5,7,9,11,13,15,25,32-33H,6,8,10,12,14,30H2,(H,34,35). The molecule has 0 bridgehead atoms. The number of nitrogens with zero attached hydrogens (tertiary/aromatic N) is 1. The summed E-state index contributed by atoms with van der Waals surface area (Å²) in [6, 6.07) is 10.1. The number of aromatic hydroxyl groups is 1. The molecule has 2 aromatic heterocycles. The molecule has 2 aromatic carbocycles. The SMILES string of the molecule is NCCNC(c1ccnc(OCC2=CC=C(Cl)CC2)c1)c1c(O)c2ccccc2c2occ(C(=O)O)c12. The van der Waals surface area contributed by atoms with E-state index in [4.69, 9.17) is 26.5 Å². The number of phenolic OH excluding ortho intramolecular Hbond substituents is 1. The summed E-state index contributed by atoms with van der Waals surface area (Å²) in [7, 11) is 0. The van der Waals surface area contributed by atoms with E-state index in [9.17, 15) is 15.0 Å². The second-order valence-electron chi connectivity index (χ2n) is 8.80. The van der Waals surface area contributed by atoms with Crippen molar-refractivity contribution in [3.05, 3.63) is 88.3 Å². The summed E-state index contributed by atoms with van der Waals surface area (Å²) in [5, 5.41) is 27.1. The number of ether oxygens (including phenoxy) is 1. The van der Waals surface area contributed by atoms with Gasteiger partial charge in [-0.05, 0) is 36.1 Å². The summed E-state index contributed by atoms with van der Waals surface area (Å²) in [5.41, 5.74) is 8.38. The number of hydrogen-bond acceptors (Lipinski definition) is 7. The van der Waals surface area contributed by atoms with E-state index in [0.717, 1.165) is 29.0 Å². The summed E-state index contributed by atoms with van der Waals surface area (Å²) >= 11 is 6.05. The number of allylic oxidation sites excluding steroid dienone is 3. The molecule has 1 aliphatic rings. The van der Waals surface area contributed by atoms with Gasteiger partial charge in [0.2, 0.25) is 5.88 Å². The largest absolute Gasteiger partial charge is 0.507 e. The first-order valence-corrected chi connectivity index (χ1v) is 12.3. The van der Waals surface area contributed by atoms with Crippen molar-refractivity contribution < 1.29 is 24.2 Å². The average Bonchev–Trinajstić information content (AvgIpc) is 3.36. The van der Waals surface area contributed by atoms with Gasteiger partial charge in [-0.15, -0.1) is 0 Å². The number of halogens is 1. The van der Waals surface area contributed by atoms with Crippen LogP contribution >= 0.6 is 11.6 Å². The number of carboxylic acids is 1. The van der Waals surface area contributed by atoms with Crippen molar-refractivity contribution in [2.75, 3.05) is 19.7 Å². The fourth-order valence-electron chi connectivity index (χ4n) is 4.65. The zero-order chi connectivity index (χ0) is 25.9. The predicted octanol–water partition coefficient (Wildman–Crippen LogP) is 5.24. The van der Waals surface area contributed by atoms with Crippen molar-refractivity contribution >= 4 is 39.3 Å². The Balaban J connectivity index is 1.62. The van der Waals surface area contributed by atoms with Gasteiger partial charge in [0.1, 0.15) is 29.8 Å². The van der Waals surface area contributed by atoms with Crippen LogP contribution in [0.15, 0.2) is 76.0 Å². The minimum absolute atomic E-state index is 0.0307. The molecule has 0 saturated carbocycles. The molecule has 0 saturated heterocycles. The highest BCUT2D eigenvalue weighted by Gasteiger charge is 2.28. The third-order valence-corrected chi connectivity index (χ3v) is 6.75. The molecule has 8 nitrogen and oxygen atoms in total. The second kappa shape index (κ2) is 10.6. The van der Waals surface area contributed by atoms with Gasteiger partial charge in [0.05, 0.1) is 6.04 Å². The molecular formula is C28H26ClN3O5. The number of nitrogens with two attached hydrogens (primary N) is 1. The van der Waals surface area contributed by atoms with Gasteiger partial charge < -0.3 is 30.4 Å². The maximum Gasteiger partial charge on any atom is 0.339 e. The Morgan fingerprint density at radius 1 is 1.22 bits per heavy atom. The number of phenols is 1. The van der Waals surface area contributed by atoms with Gasteiger partial charge >= 0.3 is 5.97 Å². The molecule has 9 heteroatoms. The number of carbonyl (C=O) groups is 1. The Labute approximate surface area is 218 Å². The molecule has 0 fully saturated rings. The van der Waals surface area contributed by atoms with Crippen LogP contribution in [0.3, 0.4) is 0 Å². The molecule has 4 aromatic rings. The van der Waals surface area contributed by atoms with E-state index in [-0.39, 0.29) is 11.3 Å². The third-order valence-electron chi connectivity index (χ3n) is 6.44. The van der Waals surface area contributed by atoms with E-state index >= 15 is 0 Å². The van der Waals surface area contributed by atoms with Crippen LogP contribution < -0.4 is 15.8 Å². The highest BCUT2D eigenvalue weighted by molar-refractivity contribution is 6.29. The highest BCUT2D eigenvalue weighted by Crippen LogP contribution is 2.44. The molecule has 5 N–H and O–H groups in total. The Morgan fingerprint density at radius 3 is 2.76 bits per heavy atom. The van der Waals surface area contributed by atoms with Gasteiger partial charge in [0.25, 0.3) is 0 Å². The van der Waals surface area contributed by atoms with Crippen LogP contribution in [0.4, 0.5) is 0 Å². The first kappa shape index (κ1) is 24.8. The van der Waals surface area contributed by atoms with Crippen molar-refractivity contribution in [2.24, 2.45) is 5.73 Å². The van der Waals surface area contributed by atoms with E-state index < -0.39 is 12.0 Å². The minimum Gasteiger partial charge on any atom is -0.507 e. The van der Waals surface area contributed by atoms with Gasteiger partial charge in [-0.3, -0.25) is 0 Å². The number of nitrogens with one attached hydrogen (secondary N) is 1. The molecule has 190 valence electrons. The normalized spacial score (nSPS) is 14.4. The van der Waals surface area contributed by atoms with Gasteiger partial charge in [-0.1, -0.05) is 41.9 Å². The van der Waals surface area contributed by atoms with Crippen molar-refractivity contribution in [2.45, 2.75) is 18.9 Å². The van der Waals surface area contributed by atoms with Crippen molar-refractivity contribution in [3.63, 3.8) is 0 Å². The summed E-state index contributed by atoms with van der Waals surface area (Å²) in [6.07, 6.45) is 8.26. The Morgan fingerprint density at radius 2 is 2.03 bits per heavy atom. The first-order valence-electron chi connectivity index (χ1n) is 11.9. The van der Waals surface area contributed by atoms with E-state index in [2.05, 4.69) is 10.3 Å². The maximum absolute atomic E-state index is 12.1. The number of aromatic carboxylic acids is 1. The fourth-order valence-corrected chi connectivity index (χ4v) is 4.81. The number of fused-ring (bicyclic) bond motifs is 3. The lowest BCUT2D eigenvalue weighted by Crippen LogP contribution is -2.28. The number of rotatable bonds is 9. The van der Waals surface area contributed by atoms with Gasteiger partial charge in [-0.25, -0.2) is 9.78 Å². The topological polar surface area (TPSA) is 131 Å². The molecule has 5 rings (SSSR count). The Bertz CT molecular complexity index is 1540. The predicted molar refractivity (Wildman–Crippen MR) is 142 cm³/mol. The maximum atomic E-state index is 12.1. The van der Waals surface area contributed by atoms with Crippen LogP contribution in [-0.2, 0) is 0 Å². The summed E-state index contributed by atoms with van der Waals surface area (Å²) in [6.45, 7) is 1.12. The van der Waals surface area contributed by atoms with E-state index in [1.807, 2.05) is 24.3 Å². The Hall–Kier alpha value is -3.85. The number of pyridine rings is 1. The van der Waals surface area contributed by atoms with Crippen LogP contribution in [0.2, 0.25) is 0 Å². The van der Waals surface area contributed by atoms with Crippen LogP contribution in [-0.4, -0.2) is 40.9 Å². The van der Waals surface area contributed by atoms with Crippen molar-refractivity contribution in [3.8, 4) is 11.6 Å². The van der Waals surface area contributed by atoms with Crippen LogP contribution in [0.5, 0.6) is 11.6 Å². The molecule has 1 unspecified atom stereocenters. The van der Waals surface area contributed by atoms with Gasteiger partial charge in [-0.2, -0.15) is 0 Å². The van der Waals surface area contributed by atoms with Crippen LogP contribution in [0.25, 0.3) is 21.7 Å². The third kappa shape index (κ3) is 4.91. The smallest absolute Gasteiger partial charge is 0.339 e. The minimum atomic E-state index is -1.15. The lowest BCUT2D eigenvalue weighted by molar-refractivity contribution is 0.0698. The molecule has 0 radical (unpaired) electrons. The van der Waals surface area contributed by atoms with Crippen LogP contribution in [0, 0.1) is 0 Å². The lowest BCUT2D eigenvalue weighted by Gasteiger charge is -2.23. The van der Waals surface area contributed by atoms with E-state index in [0.29, 0.717) is 52.9 Å². The molecule has 1 atom stereocenters. The number of carboxylic acid groups (broad SMARTS) is 1. The van der Waals surface area contributed by atoms with Crippen LogP contribution in [0.1, 0.15) is 40.4 Å².